The Kier molecular flexibility index (Phi) is 5.03. The maximum absolute atomic E-state index is 10.9. The molecule has 0 spiro atoms. The van der Waals surface area contributed by atoms with E-state index in [2.05, 4.69) is 15.3 Å². The third kappa shape index (κ3) is 4.08. The summed E-state index contributed by atoms with van der Waals surface area (Å²) in [7, 11) is 0. The Morgan fingerprint density at radius 3 is 3.05 bits per heavy atom. The first-order valence-electron chi connectivity index (χ1n) is 6.17. The van der Waals surface area contributed by atoms with Crippen molar-refractivity contribution in [3.63, 3.8) is 0 Å². The van der Waals surface area contributed by atoms with Crippen LogP contribution >= 0.6 is 23.1 Å². The van der Waals surface area contributed by atoms with Gasteiger partial charge in [0.1, 0.15) is 11.5 Å². The van der Waals surface area contributed by atoms with E-state index in [0.717, 1.165) is 11.3 Å². The average Bonchev–Trinajstić information content (AvgIpc) is 3.03. The van der Waals surface area contributed by atoms with Gasteiger partial charge in [-0.15, -0.1) is 11.3 Å². The summed E-state index contributed by atoms with van der Waals surface area (Å²) in [6.07, 6.45) is 1.86. The molecule has 0 fully saturated rings. The quantitative estimate of drug-likeness (QED) is 0.666. The van der Waals surface area contributed by atoms with Crippen LogP contribution in [-0.2, 0) is 11.3 Å². The molecule has 21 heavy (non-hydrogen) atoms. The highest BCUT2D eigenvalue weighted by Gasteiger charge is 2.12. The predicted octanol–water partition coefficient (Wildman–Crippen LogP) is 2.66. The number of thioether (sulfide) groups is 1. The summed E-state index contributed by atoms with van der Waals surface area (Å²) in [5, 5.41) is 5.64. The van der Waals surface area contributed by atoms with E-state index in [1.807, 2.05) is 24.6 Å². The molecular weight excluding hydrogens is 308 g/mol. The molecule has 2 aromatic rings. The molecule has 6 nitrogen and oxygen atoms in total. The molecule has 2 heterocycles. The molecule has 0 aliphatic carbocycles. The Labute approximate surface area is 130 Å². The number of carbonyl (C=O) groups is 1. The van der Waals surface area contributed by atoms with Crippen LogP contribution in [0.5, 0.6) is 0 Å². The number of hydrogen-bond donors (Lipinski definition) is 2. The van der Waals surface area contributed by atoms with Gasteiger partial charge in [-0.05, 0) is 24.8 Å². The molecule has 0 saturated heterocycles. The Hall–Kier alpha value is -1.80. The number of amides is 1. The molecule has 2 rings (SSSR count). The van der Waals surface area contributed by atoms with Crippen LogP contribution in [0.4, 0.5) is 5.13 Å². The molecular formula is C13H16N4O2S2. The molecule has 0 atom stereocenters. The van der Waals surface area contributed by atoms with E-state index in [0.29, 0.717) is 28.3 Å². The Morgan fingerprint density at radius 1 is 1.62 bits per heavy atom. The van der Waals surface area contributed by atoms with Gasteiger partial charge in [-0.1, -0.05) is 11.8 Å². The molecule has 0 aliphatic rings. The van der Waals surface area contributed by atoms with Crippen LogP contribution in [0.1, 0.15) is 18.2 Å². The lowest BCUT2D eigenvalue weighted by molar-refractivity contribution is -0.119. The van der Waals surface area contributed by atoms with Crippen LogP contribution in [-0.4, -0.2) is 22.3 Å². The fourth-order valence-corrected chi connectivity index (χ4v) is 2.52. The smallest absolute Gasteiger partial charge is 0.217 e. The van der Waals surface area contributed by atoms with Gasteiger partial charge in [0.05, 0.1) is 6.54 Å². The van der Waals surface area contributed by atoms with Gasteiger partial charge < -0.3 is 15.5 Å². The normalized spacial score (nSPS) is 11.7. The third-order valence-corrected chi connectivity index (χ3v) is 3.92. The summed E-state index contributed by atoms with van der Waals surface area (Å²) >= 11 is 2.77. The van der Waals surface area contributed by atoms with E-state index in [-0.39, 0.29) is 5.91 Å². The van der Waals surface area contributed by atoms with Crippen LogP contribution in [0.2, 0.25) is 0 Å². The van der Waals surface area contributed by atoms with Crippen LogP contribution in [0.25, 0.3) is 11.5 Å². The van der Waals surface area contributed by atoms with E-state index in [1.165, 1.54) is 30.0 Å². The molecule has 1 amide bonds. The van der Waals surface area contributed by atoms with Gasteiger partial charge in [-0.25, -0.2) is 4.98 Å². The third-order valence-electron chi connectivity index (χ3n) is 2.68. The monoisotopic (exact) mass is 324 g/mol. The highest BCUT2D eigenvalue weighted by atomic mass is 32.2. The molecule has 0 unspecified atom stereocenters. The molecule has 0 aromatic carbocycles. The lowest BCUT2D eigenvalue weighted by Crippen LogP contribution is -2.18. The van der Waals surface area contributed by atoms with Gasteiger partial charge in [0.25, 0.3) is 0 Å². The standard InChI is InChI=1S/C13H16N4O2S2/c1-7-4-10(19-11(7)5-15-8(2)18)9-6-21-13(16-9)17-12(14)20-3/h4,6H,5H2,1-3H3,(H,15,18)(H2,14,16,17). The number of nitrogens with one attached hydrogen (secondary N) is 1. The van der Waals surface area contributed by atoms with Gasteiger partial charge in [0.15, 0.2) is 10.9 Å². The van der Waals surface area contributed by atoms with Crippen molar-refractivity contribution in [2.45, 2.75) is 20.4 Å². The number of carbonyl (C=O) groups excluding carboxylic acids is 1. The van der Waals surface area contributed by atoms with Gasteiger partial charge in [-0.2, -0.15) is 4.99 Å². The van der Waals surface area contributed by atoms with Crippen LogP contribution in [0.3, 0.4) is 0 Å². The summed E-state index contributed by atoms with van der Waals surface area (Å²) in [5.74, 6) is 1.29. The predicted molar refractivity (Wildman–Crippen MR) is 86.9 cm³/mol. The molecule has 0 aliphatic heterocycles. The van der Waals surface area contributed by atoms with Crippen LogP contribution in [0, 0.1) is 6.92 Å². The SMILES string of the molecule is CSC(N)=Nc1nc(-c2cc(C)c(CNC(C)=O)o2)cs1. The summed E-state index contributed by atoms with van der Waals surface area (Å²) in [6, 6.07) is 1.90. The minimum Gasteiger partial charge on any atom is -0.457 e. The van der Waals surface area contributed by atoms with Crippen molar-refractivity contribution in [2.24, 2.45) is 10.7 Å². The fraction of sp³-hybridized carbons (Fsp3) is 0.308. The van der Waals surface area contributed by atoms with E-state index in [9.17, 15) is 4.79 Å². The summed E-state index contributed by atoms with van der Waals surface area (Å²) in [4.78, 5) is 19.5. The minimum absolute atomic E-state index is 0.0924. The van der Waals surface area contributed by atoms with E-state index in [4.69, 9.17) is 10.2 Å². The van der Waals surface area contributed by atoms with Crippen molar-refractivity contribution in [3.05, 3.63) is 22.8 Å². The highest BCUT2D eigenvalue weighted by Crippen LogP contribution is 2.30. The number of aliphatic imine (C=N–C) groups is 1. The molecule has 8 heteroatoms. The first-order chi connectivity index (χ1) is 9.99. The number of aromatic nitrogens is 1. The number of amidine groups is 1. The van der Waals surface area contributed by atoms with Crippen molar-refractivity contribution < 1.29 is 9.21 Å². The highest BCUT2D eigenvalue weighted by molar-refractivity contribution is 8.13. The van der Waals surface area contributed by atoms with Crippen LogP contribution < -0.4 is 11.1 Å². The van der Waals surface area contributed by atoms with E-state index >= 15 is 0 Å². The molecule has 0 bridgehead atoms. The number of rotatable bonds is 4. The second kappa shape index (κ2) is 6.77. The maximum atomic E-state index is 10.9. The van der Waals surface area contributed by atoms with Crippen molar-refractivity contribution >= 4 is 39.3 Å². The lowest BCUT2D eigenvalue weighted by Gasteiger charge is -1.99. The Bertz CT molecular complexity index is 676. The van der Waals surface area contributed by atoms with Gasteiger partial charge in [0.2, 0.25) is 11.0 Å². The number of furan rings is 1. The molecule has 2 aromatic heterocycles. The summed E-state index contributed by atoms with van der Waals surface area (Å²) in [6.45, 7) is 3.77. The lowest BCUT2D eigenvalue weighted by atomic mass is 10.2. The number of hydrogen-bond acceptors (Lipinski definition) is 6. The molecule has 112 valence electrons. The Morgan fingerprint density at radius 2 is 2.38 bits per heavy atom. The molecule has 3 N–H and O–H groups in total. The second-order valence-corrected chi connectivity index (χ2v) is 5.96. The van der Waals surface area contributed by atoms with Crippen molar-refractivity contribution in [1.29, 1.82) is 0 Å². The van der Waals surface area contributed by atoms with Gasteiger partial charge in [-0.3, -0.25) is 4.79 Å². The molecule has 0 radical (unpaired) electrons. The zero-order chi connectivity index (χ0) is 15.4. The largest absolute Gasteiger partial charge is 0.457 e. The van der Waals surface area contributed by atoms with Crippen molar-refractivity contribution in [3.8, 4) is 11.5 Å². The second-order valence-electron chi connectivity index (χ2n) is 4.30. The van der Waals surface area contributed by atoms with Crippen LogP contribution in [0.15, 0.2) is 20.9 Å². The zero-order valence-corrected chi connectivity index (χ0v) is 13.6. The maximum Gasteiger partial charge on any atom is 0.217 e. The number of aryl methyl sites for hydroxylation is 1. The zero-order valence-electron chi connectivity index (χ0n) is 12.0. The minimum atomic E-state index is -0.0924. The topological polar surface area (TPSA) is 93.5 Å². The summed E-state index contributed by atoms with van der Waals surface area (Å²) < 4.78 is 5.74. The number of thiazole rings is 1. The van der Waals surface area contributed by atoms with E-state index < -0.39 is 0 Å². The van der Waals surface area contributed by atoms with Gasteiger partial charge in [0, 0.05) is 12.3 Å². The number of nitrogens with two attached hydrogens (primary N) is 1. The van der Waals surface area contributed by atoms with E-state index in [1.54, 1.807) is 0 Å². The number of nitrogens with zero attached hydrogens (tertiary/aromatic N) is 2. The van der Waals surface area contributed by atoms with Crippen molar-refractivity contribution in [1.82, 2.24) is 10.3 Å². The van der Waals surface area contributed by atoms with Gasteiger partial charge >= 0.3 is 0 Å². The first-order valence-corrected chi connectivity index (χ1v) is 8.28. The molecule has 0 saturated carbocycles. The van der Waals surface area contributed by atoms with Crippen molar-refractivity contribution in [2.75, 3.05) is 6.26 Å². The fourth-order valence-electron chi connectivity index (χ4n) is 1.60. The first kappa shape index (κ1) is 15.6. The average molecular weight is 324 g/mol. The Balaban J connectivity index is 2.19. The summed E-state index contributed by atoms with van der Waals surface area (Å²) in [5.41, 5.74) is 7.35.